The highest BCUT2D eigenvalue weighted by Gasteiger charge is 2.28. The minimum atomic E-state index is -0.173. The second-order valence-corrected chi connectivity index (χ2v) is 6.35. The summed E-state index contributed by atoms with van der Waals surface area (Å²) in [5, 5.41) is 6.79. The third kappa shape index (κ3) is 5.02. The molecule has 8 heteroatoms. The van der Waals surface area contributed by atoms with E-state index in [9.17, 15) is 9.59 Å². The molecule has 1 fully saturated rings. The molecular weight excluding hydrogens is 312 g/mol. The van der Waals surface area contributed by atoms with Crippen LogP contribution in [0.4, 0.5) is 0 Å². The number of methoxy groups -OCH3 is 1. The maximum Gasteiger partial charge on any atom is 0.248 e. The monoisotopic (exact) mass is 338 g/mol. The first-order valence-corrected chi connectivity index (χ1v) is 8.38. The van der Waals surface area contributed by atoms with Gasteiger partial charge in [-0.2, -0.15) is 4.98 Å². The Morgan fingerprint density at radius 1 is 1.46 bits per heavy atom. The van der Waals surface area contributed by atoms with Gasteiger partial charge >= 0.3 is 0 Å². The van der Waals surface area contributed by atoms with Crippen molar-refractivity contribution in [1.29, 1.82) is 0 Å². The number of ether oxygens (including phenoxy) is 1. The molecule has 1 atom stereocenters. The molecule has 1 aromatic rings. The number of nitrogens with one attached hydrogen (secondary N) is 1. The van der Waals surface area contributed by atoms with E-state index >= 15 is 0 Å². The van der Waals surface area contributed by atoms with Crippen molar-refractivity contribution in [1.82, 2.24) is 20.4 Å². The highest BCUT2D eigenvalue weighted by Crippen LogP contribution is 2.17. The van der Waals surface area contributed by atoms with Gasteiger partial charge in [0.05, 0.1) is 5.92 Å². The molecule has 0 unspecified atom stereocenters. The minimum Gasteiger partial charge on any atom is -0.375 e. The van der Waals surface area contributed by atoms with Crippen LogP contribution in [-0.2, 0) is 20.7 Å². The summed E-state index contributed by atoms with van der Waals surface area (Å²) in [6, 6.07) is 0. The standard InChI is InChI=1S/C16H26N4O4/c1-11(2)15-18-13(24-19-15)6-7-17-16(22)12-5-4-8-20(9-12)14(21)10-23-3/h11-12H,4-10H2,1-3H3,(H,17,22)/t12-/m0/s1. The molecule has 1 N–H and O–H groups in total. The van der Waals surface area contributed by atoms with Crippen molar-refractivity contribution >= 4 is 11.8 Å². The van der Waals surface area contributed by atoms with Gasteiger partial charge in [0.15, 0.2) is 5.82 Å². The lowest BCUT2D eigenvalue weighted by atomic mass is 9.97. The average molecular weight is 338 g/mol. The van der Waals surface area contributed by atoms with Crippen molar-refractivity contribution < 1.29 is 18.8 Å². The van der Waals surface area contributed by atoms with E-state index in [1.54, 1.807) is 4.90 Å². The van der Waals surface area contributed by atoms with E-state index in [-0.39, 0.29) is 30.3 Å². The molecule has 0 bridgehead atoms. The first kappa shape index (κ1) is 18.4. The lowest BCUT2D eigenvalue weighted by molar-refractivity contribution is -0.138. The minimum absolute atomic E-state index is 0.0338. The Hall–Kier alpha value is -1.96. The van der Waals surface area contributed by atoms with E-state index in [0.717, 1.165) is 12.8 Å². The molecule has 0 spiro atoms. The summed E-state index contributed by atoms with van der Waals surface area (Å²) in [4.78, 5) is 30.1. The topological polar surface area (TPSA) is 97.6 Å². The van der Waals surface area contributed by atoms with E-state index in [1.807, 2.05) is 13.8 Å². The van der Waals surface area contributed by atoms with Gasteiger partial charge in [-0.15, -0.1) is 0 Å². The second-order valence-electron chi connectivity index (χ2n) is 6.35. The van der Waals surface area contributed by atoms with E-state index < -0.39 is 0 Å². The van der Waals surface area contributed by atoms with Crippen LogP contribution in [0.25, 0.3) is 0 Å². The molecule has 1 aliphatic rings. The van der Waals surface area contributed by atoms with Gasteiger partial charge in [-0.1, -0.05) is 19.0 Å². The number of hydrogen-bond donors (Lipinski definition) is 1. The summed E-state index contributed by atoms with van der Waals surface area (Å²) < 4.78 is 10.0. The quantitative estimate of drug-likeness (QED) is 0.787. The molecule has 1 aliphatic heterocycles. The Labute approximate surface area is 141 Å². The summed E-state index contributed by atoms with van der Waals surface area (Å²) in [6.45, 7) is 5.63. The fourth-order valence-corrected chi connectivity index (χ4v) is 2.67. The Balaban J connectivity index is 1.76. The zero-order valence-electron chi connectivity index (χ0n) is 14.6. The number of aromatic nitrogens is 2. The maximum atomic E-state index is 12.3. The molecule has 0 saturated carbocycles. The molecule has 0 radical (unpaired) electrons. The van der Waals surface area contributed by atoms with E-state index in [4.69, 9.17) is 9.26 Å². The fourth-order valence-electron chi connectivity index (χ4n) is 2.67. The molecule has 8 nitrogen and oxygen atoms in total. The number of rotatable bonds is 7. The lowest BCUT2D eigenvalue weighted by Gasteiger charge is -2.31. The normalized spacial score (nSPS) is 18.0. The summed E-state index contributed by atoms with van der Waals surface area (Å²) in [6.07, 6.45) is 2.13. The first-order valence-electron chi connectivity index (χ1n) is 8.38. The number of hydrogen-bond acceptors (Lipinski definition) is 6. The van der Waals surface area contributed by atoms with Crippen LogP contribution >= 0.6 is 0 Å². The molecule has 1 saturated heterocycles. The maximum absolute atomic E-state index is 12.3. The molecule has 2 amide bonds. The third-order valence-electron chi connectivity index (χ3n) is 4.05. The second kappa shape index (κ2) is 8.77. The van der Waals surface area contributed by atoms with Crippen molar-refractivity contribution in [3.63, 3.8) is 0 Å². The Bertz CT molecular complexity index is 558. The van der Waals surface area contributed by atoms with Gasteiger partial charge in [-0.25, -0.2) is 0 Å². The molecule has 0 aromatic carbocycles. The van der Waals surface area contributed by atoms with Crippen molar-refractivity contribution in [2.45, 2.75) is 39.0 Å². The van der Waals surface area contributed by atoms with Gasteiger partial charge < -0.3 is 19.5 Å². The zero-order valence-corrected chi connectivity index (χ0v) is 14.6. The van der Waals surface area contributed by atoms with Crippen molar-refractivity contribution in [2.24, 2.45) is 5.92 Å². The highest BCUT2D eigenvalue weighted by molar-refractivity contribution is 5.81. The van der Waals surface area contributed by atoms with E-state index in [1.165, 1.54) is 7.11 Å². The average Bonchev–Trinajstić information content (AvgIpc) is 3.04. The number of carbonyl (C=O) groups is 2. The van der Waals surface area contributed by atoms with Crippen LogP contribution in [0.1, 0.15) is 44.3 Å². The van der Waals surface area contributed by atoms with Crippen LogP contribution in [0.5, 0.6) is 0 Å². The summed E-state index contributed by atoms with van der Waals surface area (Å²) in [5.41, 5.74) is 0. The first-order chi connectivity index (χ1) is 11.5. The van der Waals surface area contributed by atoms with Crippen molar-refractivity contribution in [3.05, 3.63) is 11.7 Å². The van der Waals surface area contributed by atoms with Gasteiger partial charge in [0.25, 0.3) is 0 Å². The third-order valence-corrected chi connectivity index (χ3v) is 4.05. The smallest absolute Gasteiger partial charge is 0.248 e. The van der Waals surface area contributed by atoms with Gasteiger partial charge in [-0.05, 0) is 12.8 Å². The van der Waals surface area contributed by atoms with Crippen molar-refractivity contribution in [3.8, 4) is 0 Å². The number of piperidine rings is 1. The van der Waals surface area contributed by atoms with Crippen molar-refractivity contribution in [2.75, 3.05) is 33.4 Å². The van der Waals surface area contributed by atoms with Gasteiger partial charge in [0, 0.05) is 39.1 Å². The lowest BCUT2D eigenvalue weighted by Crippen LogP contribution is -2.46. The summed E-state index contributed by atoms with van der Waals surface area (Å²) in [7, 11) is 1.49. The fraction of sp³-hybridized carbons (Fsp3) is 0.750. The van der Waals surface area contributed by atoms with Crippen LogP contribution in [0, 0.1) is 5.92 Å². The number of amides is 2. The Morgan fingerprint density at radius 2 is 2.25 bits per heavy atom. The molecule has 1 aromatic heterocycles. The van der Waals surface area contributed by atoms with Gasteiger partial charge in [0.2, 0.25) is 17.7 Å². The van der Waals surface area contributed by atoms with Gasteiger partial charge in [-0.3, -0.25) is 9.59 Å². The molecule has 2 heterocycles. The zero-order chi connectivity index (χ0) is 17.5. The molecule has 24 heavy (non-hydrogen) atoms. The molecule has 2 rings (SSSR count). The predicted molar refractivity (Wildman–Crippen MR) is 86.3 cm³/mol. The highest BCUT2D eigenvalue weighted by atomic mass is 16.5. The summed E-state index contributed by atoms with van der Waals surface area (Å²) in [5.74, 6) is 1.15. The van der Waals surface area contributed by atoms with Crippen LogP contribution < -0.4 is 5.32 Å². The number of likely N-dealkylation sites (tertiary alicyclic amines) is 1. The van der Waals surface area contributed by atoms with Crippen LogP contribution in [-0.4, -0.2) is 60.2 Å². The Morgan fingerprint density at radius 3 is 2.92 bits per heavy atom. The largest absolute Gasteiger partial charge is 0.375 e. The van der Waals surface area contributed by atoms with Crippen LogP contribution in [0.15, 0.2) is 4.52 Å². The number of nitrogens with zero attached hydrogens (tertiary/aromatic N) is 3. The molecule has 134 valence electrons. The van der Waals surface area contributed by atoms with Crippen LogP contribution in [0.3, 0.4) is 0 Å². The number of carbonyl (C=O) groups excluding carboxylic acids is 2. The van der Waals surface area contributed by atoms with Crippen LogP contribution in [0.2, 0.25) is 0 Å². The van der Waals surface area contributed by atoms with E-state index in [2.05, 4.69) is 15.5 Å². The SMILES string of the molecule is COCC(=O)N1CCC[C@H](C(=O)NCCc2nc(C(C)C)no2)C1. The predicted octanol–water partition coefficient (Wildman–Crippen LogP) is 0.737. The molecular formula is C16H26N4O4. The summed E-state index contributed by atoms with van der Waals surface area (Å²) >= 11 is 0. The van der Waals surface area contributed by atoms with E-state index in [0.29, 0.717) is 37.8 Å². The Kier molecular flexibility index (Phi) is 6.72. The van der Waals surface area contributed by atoms with Gasteiger partial charge in [0.1, 0.15) is 6.61 Å². The molecule has 0 aliphatic carbocycles.